The smallest absolute Gasteiger partial charge is 0.410 e. The third-order valence-corrected chi connectivity index (χ3v) is 3.17. The lowest BCUT2D eigenvalue weighted by atomic mass is 9.91. The quantitative estimate of drug-likeness (QED) is 0.622. The minimum absolute atomic E-state index is 0.106. The zero-order valence-electron chi connectivity index (χ0n) is 12.5. The Morgan fingerprint density at radius 2 is 1.64 bits per heavy atom. The van der Waals surface area contributed by atoms with Crippen LogP contribution in [0.15, 0.2) is 12.1 Å². The molecule has 1 heterocycles. The van der Waals surface area contributed by atoms with E-state index in [1.54, 1.807) is 20.8 Å². The number of amides is 1. The van der Waals surface area contributed by atoms with Crippen molar-refractivity contribution >= 4 is 11.9 Å². The molecule has 1 aliphatic rings. The zero-order valence-corrected chi connectivity index (χ0v) is 12.5. The molecule has 0 atom stereocenters. The molecule has 0 radical (unpaired) electrons. The molecule has 1 aromatic rings. The number of likely N-dealkylation sites (tertiary alicyclic amines) is 1. The largest absolute Gasteiger partial charge is 0.444 e. The van der Waals surface area contributed by atoms with Crippen molar-refractivity contribution < 1.29 is 27.5 Å². The van der Waals surface area contributed by atoms with Gasteiger partial charge < -0.3 is 9.64 Å². The van der Waals surface area contributed by atoms with Gasteiger partial charge in [0.2, 0.25) is 0 Å². The Balaban J connectivity index is 1.99. The summed E-state index contributed by atoms with van der Waals surface area (Å²) in [6.45, 7) is 5.37. The predicted octanol–water partition coefficient (Wildman–Crippen LogP) is 3.15. The second-order valence-corrected chi connectivity index (χ2v) is 6.20. The standard InChI is InChI=1S/C15H16F3NO3/c1-15(2,3)22-14(21)19-6-9(7-19)13(20)8-4-10(16)12(18)11(17)5-8/h4-5,9H,6-7H2,1-3H3. The van der Waals surface area contributed by atoms with E-state index in [9.17, 15) is 22.8 Å². The molecule has 4 nitrogen and oxygen atoms in total. The molecule has 0 spiro atoms. The van der Waals surface area contributed by atoms with Crippen molar-refractivity contribution in [3.8, 4) is 0 Å². The van der Waals surface area contributed by atoms with Crippen LogP contribution in [-0.4, -0.2) is 35.5 Å². The zero-order chi connectivity index (χ0) is 16.7. The molecule has 1 fully saturated rings. The van der Waals surface area contributed by atoms with Crippen molar-refractivity contribution in [2.24, 2.45) is 5.92 Å². The lowest BCUT2D eigenvalue weighted by molar-refractivity contribution is 0.00147. The number of halogens is 3. The van der Waals surface area contributed by atoms with E-state index in [0.29, 0.717) is 12.1 Å². The molecule has 0 N–H and O–H groups in total. The maximum Gasteiger partial charge on any atom is 0.410 e. The van der Waals surface area contributed by atoms with E-state index in [2.05, 4.69) is 0 Å². The SMILES string of the molecule is CC(C)(C)OC(=O)N1CC(C(=O)c2cc(F)c(F)c(F)c2)C1. The number of benzene rings is 1. The van der Waals surface area contributed by atoms with Crippen molar-refractivity contribution in [2.45, 2.75) is 26.4 Å². The van der Waals surface area contributed by atoms with Crippen molar-refractivity contribution in [3.63, 3.8) is 0 Å². The molecule has 0 bridgehead atoms. The Kier molecular flexibility index (Phi) is 4.17. The van der Waals surface area contributed by atoms with Gasteiger partial charge in [-0.25, -0.2) is 18.0 Å². The van der Waals surface area contributed by atoms with Crippen LogP contribution in [0.25, 0.3) is 0 Å². The van der Waals surface area contributed by atoms with Gasteiger partial charge in [0.05, 0.1) is 5.92 Å². The van der Waals surface area contributed by atoms with Crippen molar-refractivity contribution in [2.75, 3.05) is 13.1 Å². The number of carbonyl (C=O) groups excluding carboxylic acids is 2. The van der Waals surface area contributed by atoms with Gasteiger partial charge in [0.15, 0.2) is 23.2 Å². The van der Waals surface area contributed by atoms with Gasteiger partial charge in [-0.05, 0) is 32.9 Å². The molecule has 0 aromatic heterocycles. The summed E-state index contributed by atoms with van der Waals surface area (Å²) in [6, 6.07) is 1.33. The van der Waals surface area contributed by atoms with Gasteiger partial charge in [0.1, 0.15) is 5.60 Å². The second kappa shape index (κ2) is 5.62. The Morgan fingerprint density at radius 1 is 1.14 bits per heavy atom. The molecule has 0 unspecified atom stereocenters. The highest BCUT2D eigenvalue weighted by Crippen LogP contribution is 2.24. The summed E-state index contributed by atoms with van der Waals surface area (Å²) in [5.41, 5.74) is -0.889. The Bertz CT molecular complexity index is 596. The molecule has 2 rings (SSSR count). The summed E-state index contributed by atoms with van der Waals surface area (Å²) in [6.07, 6.45) is -0.548. The predicted molar refractivity (Wildman–Crippen MR) is 71.9 cm³/mol. The first kappa shape index (κ1) is 16.3. The van der Waals surface area contributed by atoms with Crippen LogP contribution in [0, 0.1) is 23.4 Å². The van der Waals surface area contributed by atoms with E-state index in [1.807, 2.05) is 0 Å². The topological polar surface area (TPSA) is 46.6 Å². The van der Waals surface area contributed by atoms with Gasteiger partial charge in [0.25, 0.3) is 0 Å². The molecule has 22 heavy (non-hydrogen) atoms. The summed E-state index contributed by atoms with van der Waals surface area (Å²) in [7, 11) is 0. The number of Topliss-reactive ketones (excluding diaryl/α,β-unsaturated/α-hetero) is 1. The van der Waals surface area contributed by atoms with Gasteiger partial charge in [-0.2, -0.15) is 0 Å². The van der Waals surface area contributed by atoms with Crippen LogP contribution >= 0.6 is 0 Å². The van der Waals surface area contributed by atoms with Crippen LogP contribution in [0.3, 0.4) is 0 Å². The van der Waals surface area contributed by atoms with Crippen LogP contribution in [0.1, 0.15) is 31.1 Å². The third-order valence-electron chi connectivity index (χ3n) is 3.17. The molecular weight excluding hydrogens is 299 g/mol. The average Bonchev–Trinajstić information content (AvgIpc) is 2.30. The summed E-state index contributed by atoms with van der Waals surface area (Å²) in [5, 5.41) is 0. The first-order valence-corrected chi connectivity index (χ1v) is 6.75. The Labute approximate surface area is 125 Å². The number of carbonyl (C=O) groups is 2. The van der Waals surface area contributed by atoms with Crippen molar-refractivity contribution in [1.29, 1.82) is 0 Å². The van der Waals surface area contributed by atoms with Gasteiger partial charge in [-0.1, -0.05) is 0 Å². The molecule has 7 heteroatoms. The number of hydrogen-bond acceptors (Lipinski definition) is 3. The maximum absolute atomic E-state index is 13.1. The van der Waals surface area contributed by atoms with E-state index in [0.717, 1.165) is 0 Å². The van der Waals surface area contributed by atoms with Gasteiger partial charge in [-0.3, -0.25) is 4.79 Å². The van der Waals surface area contributed by atoms with Gasteiger partial charge >= 0.3 is 6.09 Å². The maximum atomic E-state index is 13.1. The fraction of sp³-hybridized carbons (Fsp3) is 0.467. The summed E-state index contributed by atoms with van der Waals surface area (Å²) < 4.78 is 44.3. The van der Waals surface area contributed by atoms with Crippen molar-refractivity contribution in [1.82, 2.24) is 4.90 Å². The summed E-state index contributed by atoms with van der Waals surface area (Å²) in [5.74, 6) is -5.53. The molecule has 1 saturated heterocycles. The van der Waals surface area contributed by atoms with E-state index in [-0.39, 0.29) is 18.7 Å². The minimum Gasteiger partial charge on any atom is -0.444 e. The fourth-order valence-electron chi connectivity index (χ4n) is 2.05. The average molecular weight is 315 g/mol. The fourth-order valence-corrected chi connectivity index (χ4v) is 2.05. The molecule has 1 amide bonds. The highest BCUT2D eigenvalue weighted by Gasteiger charge is 2.38. The Hall–Kier alpha value is -2.05. The monoisotopic (exact) mass is 315 g/mol. The summed E-state index contributed by atoms with van der Waals surface area (Å²) >= 11 is 0. The van der Waals surface area contributed by atoms with E-state index in [1.165, 1.54) is 4.90 Å². The highest BCUT2D eigenvalue weighted by atomic mass is 19.2. The number of rotatable bonds is 2. The second-order valence-electron chi connectivity index (χ2n) is 6.20. The Morgan fingerprint density at radius 3 is 2.09 bits per heavy atom. The first-order valence-electron chi connectivity index (χ1n) is 6.75. The third kappa shape index (κ3) is 3.40. The molecular formula is C15H16F3NO3. The van der Waals surface area contributed by atoms with E-state index >= 15 is 0 Å². The first-order chi connectivity index (χ1) is 10.1. The van der Waals surface area contributed by atoms with Crippen LogP contribution in [-0.2, 0) is 4.74 Å². The molecule has 120 valence electrons. The normalized spacial score (nSPS) is 15.5. The van der Waals surface area contributed by atoms with E-state index in [4.69, 9.17) is 4.74 Å². The van der Waals surface area contributed by atoms with Crippen molar-refractivity contribution in [3.05, 3.63) is 35.1 Å². The number of nitrogens with zero attached hydrogens (tertiary/aromatic N) is 1. The minimum atomic E-state index is -1.61. The number of hydrogen-bond donors (Lipinski definition) is 0. The number of ketones is 1. The van der Waals surface area contributed by atoms with Crippen LogP contribution < -0.4 is 0 Å². The summed E-state index contributed by atoms with van der Waals surface area (Å²) in [4.78, 5) is 25.1. The number of ether oxygens (including phenoxy) is 1. The molecule has 1 aromatic carbocycles. The lowest BCUT2D eigenvalue weighted by Crippen LogP contribution is -2.54. The van der Waals surface area contributed by atoms with E-state index < -0.39 is 40.8 Å². The van der Waals surface area contributed by atoms with Gasteiger partial charge in [0, 0.05) is 18.7 Å². The van der Waals surface area contributed by atoms with Crippen LogP contribution in [0.5, 0.6) is 0 Å². The van der Waals surface area contributed by atoms with Gasteiger partial charge in [-0.15, -0.1) is 0 Å². The molecule has 1 aliphatic heterocycles. The lowest BCUT2D eigenvalue weighted by Gasteiger charge is -2.38. The highest BCUT2D eigenvalue weighted by molar-refractivity contribution is 5.99. The van der Waals surface area contributed by atoms with Crippen LogP contribution in [0.4, 0.5) is 18.0 Å². The molecule has 0 aliphatic carbocycles. The van der Waals surface area contributed by atoms with Crippen LogP contribution in [0.2, 0.25) is 0 Å². The molecule has 0 saturated carbocycles.